The van der Waals surface area contributed by atoms with E-state index in [4.69, 9.17) is 9.47 Å². The first-order chi connectivity index (χ1) is 11.9. The lowest BCUT2D eigenvalue weighted by Gasteiger charge is -2.39. The van der Waals surface area contributed by atoms with Crippen LogP contribution in [0.4, 0.5) is 4.79 Å². The highest BCUT2D eigenvalue weighted by molar-refractivity contribution is 5.70. The van der Waals surface area contributed by atoms with Crippen LogP contribution in [0.25, 0.3) is 11.3 Å². The van der Waals surface area contributed by atoms with E-state index < -0.39 is 5.60 Å². The molecule has 1 aliphatic heterocycles. The van der Waals surface area contributed by atoms with E-state index in [0.29, 0.717) is 13.1 Å². The van der Waals surface area contributed by atoms with Crippen LogP contribution in [0.5, 0.6) is 5.75 Å². The molecule has 1 saturated heterocycles. The highest BCUT2D eigenvalue weighted by atomic mass is 16.6. The van der Waals surface area contributed by atoms with Gasteiger partial charge in [0, 0.05) is 37.0 Å². The smallest absolute Gasteiger partial charge is 0.410 e. The Hall–Kier alpha value is -2.63. The summed E-state index contributed by atoms with van der Waals surface area (Å²) in [7, 11) is 1.64. The predicted octanol–water partition coefficient (Wildman–Crippen LogP) is 3.49. The second-order valence-electron chi connectivity index (χ2n) is 7.10. The number of hydrogen-bond donors (Lipinski definition) is 0. The fraction of sp³-hybridized carbons (Fsp3) is 0.421. The number of nitrogens with zero attached hydrogens (tertiary/aromatic N) is 3. The molecule has 1 amide bonds. The molecule has 1 aromatic carbocycles. The molecule has 0 N–H and O–H groups in total. The van der Waals surface area contributed by atoms with Gasteiger partial charge in [-0.15, -0.1) is 0 Å². The summed E-state index contributed by atoms with van der Waals surface area (Å²) in [6, 6.07) is 7.76. The molecule has 3 rings (SSSR count). The van der Waals surface area contributed by atoms with Crippen molar-refractivity contribution in [3.63, 3.8) is 0 Å². The Balaban J connectivity index is 1.76. The second-order valence-corrected chi connectivity index (χ2v) is 7.10. The summed E-state index contributed by atoms with van der Waals surface area (Å²) >= 11 is 0. The number of carbonyl (C=O) groups excluding carboxylic acids is 1. The lowest BCUT2D eigenvalue weighted by atomic mass is 9.92. The van der Waals surface area contributed by atoms with E-state index in [0.717, 1.165) is 22.7 Å². The SMILES string of the molecule is COc1cccc(-c2nccnc2C2CN(C(=O)OC(C)(C)C)C2)c1. The predicted molar refractivity (Wildman–Crippen MR) is 94.6 cm³/mol. The van der Waals surface area contributed by atoms with Crippen molar-refractivity contribution in [3.8, 4) is 17.0 Å². The molecule has 0 saturated carbocycles. The highest BCUT2D eigenvalue weighted by Gasteiger charge is 2.36. The van der Waals surface area contributed by atoms with Crippen LogP contribution in [-0.2, 0) is 4.74 Å². The zero-order valence-electron chi connectivity index (χ0n) is 15.0. The van der Waals surface area contributed by atoms with Crippen molar-refractivity contribution < 1.29 is 14.3 Å². The van der Waals surface area contributed by atoms with Gasteiger partial charge in [0.2, 0.25) is 0 Å². The Morgan fingerprint density at radius 3 is 2.60 bits per heavy atom. The molecule has 1 aromatic heterocycles. The van der Waals surface area contributed by atoms with Crippen LogP contribution in [0.15, 0.2) is 36.7 Å². The molecule has 0 bridgehead atoms. The number of hydrogen-bond acceptors (Lipinski definition) is 5. The van der Waals surface area contributed by atoms with Crippen molar-refractivity contribution in [2.24, 2.45) is 0 Å². The zero-order chi connectivity index (χ0) is 18.0. The first kappa shape index (κ1) is 17.2. The van der Waals surface area contributed by atoms with E-state index in [1.54, 1.807) is 24.4 Å². The van der Waals surface area contributed by atoms with Crippen LogP contribution in [0.2, 0.25) is 0 Å². The Labute approximate surface area is 147 Å². The monoisotopic (exact) mass is 341 g/mol. The van der Waals surface area contributed by atoms with Crippen molar-refractivity contribution in [1.82, 2.24) is 14.9 Å². The molecule has 2 aromatic rings. The van der Waals surface area contributed by atoms with Crippen molar-refractivity contribution in [2.75, 3.05) is 20.2 Å². The molecular weight excluding hydrogens is 318 g/mol. The molecule has 6 heteroatoms. The number of amides is 1. The summed E-state index contributed by atoms with van der Waals surface area (Å²) in [5.41, 5.74) is 2.20. The maximum atomic E-state index is 12.1. The topological polar surface area (TPSA) is 64.6 Å². The summed E-state index contributed by atoms with van der Waals surface area (Å²) in [6.07, 6.45) is 3.09. The molecule has 2 heterocycles. The normalized spacial score (nSPS) is 14.8. The minimum absolute atomic E-state index is 0.155. The summed E-state index contributed by atoms with van der Waals surface area (Å²) in [4.78, 5) is 22.8. The van der Waals surface area contributed by atoms with Crippen molar-refractivity contribution in [2.45, 2.75) is 32.3 Å². The molecule has 6 nitrogen and oxygen atoms in total. The molecule has 0 radical (unpaired) electrons. The Morgan fingerprint density at radius 2 is 1.92 bits per heavy atom. The van der Waals surface area contributed by atoms with Crippen LogP contribution in [0.1, 0.15) is 32.4 Å². The summed E-state index contributed by atoms with van der Waals surface area (Å²) in [6.45, 7) is 6.78. The molecule has 25 heavy (non-hydrogen) atoms. The molecule has 0 atom stereocenters. The van der Waals surface area contributed by atoms with Gasteiger partial charge in [-0.3, -0.25) is 9.97 Å². The number of likely N-dealkylation sites (tertiary alicyclic amines) is 1. The third kappa shape index (κ3) is 3.90. The minimum Gasteiger partial charge on any atom is -0.497 e. The first-order valence-electron chi connectivity index (χ1n) is 8.30. The average Bonchev–Trinajstić information content (AvgIpc) is 2.52. The number of benzene rings is 1. The zero-order valence-corrected chi connectivity index (χ0v) is 15.0. The van der Waals surface area contributed by atoms with E-state index in [-0.39, 0.29) is 12.0 Å². The lowest BCUT2D eigenvalue weighted by Crippen LogP contribution is -2.50. The van der Waals surface area contributed by atoms with Crippen LogP contribution in [-0.4, -0.2) is 46.8 Å². The first-order valence-corrected chi connectivity index (χ1v) is 8.30. The van der Waals surface area contributed by atoms with Gasteiger partial charge in [-0.1, -0.05) is 12.1 Å². The van der Waals surface area contributed by atoms with Gasteiger partial charge in [0.15, 0.2) is 0 Å². The van der Waals surface area contributed by atoms with Crippen LogP contribution >= 0.6 is 0 Å². The van der Waals surface area contributed by atoms with Gasteiger partial charge in [-0.05, 0) is 32.9 Å². The van der Waals surface area contributed by atoms with E-state index in [1.807, 2.05) is 45.0 Å². The summed E-state index contributed by atoms with van der Waals surface area (Å²) < 4.78 is 10.7. The third-order valence-electron chi connectivity index (χ3n) is 3.99. The molecule has 1 aliphatic rings. The number of aromatic nitrogens is 2. The number of methoxy groups -OCH3 is 1. The molecule has 132 valence electrons. The molecular formula is C19H23N3O3. The molecule has 0 spiro atoms. The van der Waals surface area contributed by atoms with Gasteiger partial charge >= 0.3 is 6.09 Å². The van der Waals surface area contributed by atoms with Gasteiger partial charge in [-0.25, -0.2) is 4.79 Å². The minimum atomic E-state index is -0.486. The van der Waals surface area contributed by atoms with Crippen LogP contribution in [0, 0.1) is 0 Å². The number of ether oxygens (including phenoxy) is 2. The second kappa shape index (κ2) is 6.70. The van der Waals surface area contributed by atoms with E-state index in [1.165, 1.54) is 0 Å². The van der Waals surface area contributed by atoms with Crippen LogP contribution in [0.3, 0.4) is 0 Å². The number of rotatable bonds is 3. The van der Waals surface area contributed by atoms with Gasteiger partial charge < -0.3 is 14.4 Å². The molecule has 0 unspecified atom stereocenters. The van der Waals surface area contributed by atoms with Crippen LogP contribution < -0.4 is 4.74 Å². The highest BCUT2D eigenvalue weighted by Crippen LogP contribution is 2.33. The molecule has 0 aliphatic carbocycles. The Kier molecular flexibility index (Phi) is 4.61. The van der Waals surface area contributed by atoms with E-state index in [2.05, 4.69) is 9.97 Å². The van der Waals surface area contributed by atoms with Gasteiger partial charge in [-0.2, -0.15) is 0 Å². The molecule has 1 fully saturated rings. The van der Waals surface area contributed by atoms with E-state index in [9.17, 15) is 4.79 Å². The average molecular weight is 341 g/mol. The summed E-state index contributed by atoms with van der Waals surface area (Å²) in [5.74, 6) is 0.931. The van der Waals surface area contributed by atoms with Gasteiger partial charge in [0.1, 0.15) is 11.4 Å². The number of carbonyl (C=O) groups is 1. The Bertz CT molecular complexity index is 765. The summed E-state index contributed by atoms with van der Waals surface area (Å²) in [5, 5.41) is 0. The van der Waals surface area contributed by atoms with Gasteiger partial charge in [0.05, 0.1) is 18.5 Å². The van der Waals surface area contributed by atoms with Crippen molar-refractivity contribution >= 4 is 6.09 Å². The van der Waals surface area contributed by atoms with E-state index >= 15 is 0 Å². The van der Waals surface area contributed by atoms with Crippen molar-refractivity contribution in [1.29, 1.82) is 0 Å². The standard InChI is InChI=1S/C19H23N3O3/c1-19(2,3)25-18(23)22-11-14(12-22)17-16(20-8-9-21-17)13-6-5-7-15(10-13)24-4/h5-10,14H,11-12H2,1-4H3. The fourth-order valence-electron chi connectivity index (χ4n) is 2.77. The fourth-order valence-corrected chi connectivity index (χ4v) is 2.77. The maximum Gasteiger partial charge on any atom is 0.410 e. The lowest BCUT2D eigenvalue weighted by molar-refractivity contribution is 0.00789. The van der Waals surface area contributed by atoms with Crippen molar-refractivity contribution in [3.05, 3.63) is 42.4 Å². The maximum absolute atomic E-state index is 12.1. The largest absolute Gasteiger partial charge is 0.497 e. The Morgan fingerprint density at radius 1 is 1.20 bits per heavy atom. The third-order valence-corrected chi connectivity index (χ3v) is 3.99. The van der Waals surface area contributed by atoms with Gasteiger partial charge in [0.25, 0.3) is 0 Å². The quantitative estimate of drug-likeness (QED) is 0.855.